The zero-order valence-corrected chi connectivity index (χ0v) is 10.3. The number of halogens is 3. The normalized spacial score (nSPS) is 11.4. The van der Waals surface area contributed by atoms with Crippen LogP contribution in [0.15, 0.2) is 36.5 Å². The molecule has 0 unspecified atom stereocenters. The second kappa shape index (κ2) is 5.38. The van der Waals surface area contributed by atoms with Gasteiger partial charge in [-0.15, -0.1) is 13.2 Å². The van der Waals surface area contributed by atoms with Crippen LogP contribution in [0.1, 0.15) is 5.56 Å². The van der Waals surface area contributed by atoms with Crippen LogP contribution in [0.25, 0.3) is 11.1 Å². The molecule has 2 aromatic rings. The monoisotopic (exact) mass is 283 g/mol. The van der Waals surface area contributed by atoms with Crippen molar-refractivity contribution in [1.29, 1.82) is 0 Å². The molecule has 0 atom stereocenters. The first kappa shape index (κ1) is 14.1. The molecule has 0 aliphatic carbocycles. The maximum atomic E-state index is 12.4. The summed E-state index contributed by atoms with van der Waals surface area (Å²) >= 11 is 0. The fourth-order valence-corrected chi connectivity index (χ4v) is 1.70. The summed E-state index contributed by atoms with van der Waals surface area (Å²) in [6.45, 7) is -0.0499. The molecule has 1 aromatic heterocycles. The maximum Gasteiger partial charge on any atom is 0.573 e. The summed E-state index contributed by atoms with van der Waals surface area (Å²) in [4.78, 5) is 3.89. The molecule has 1 aromatic carbocycles. The highest BCUT2D eigenvalue weighted by Crippen LogP contribution is 2.31. The van der Waals surface area contributed by atoms with Crippen LogP contribution >= 0.6 is 0 Å². The zero-order valence-electron chi connectivity index (χ0n) is 10.3. The van der Waals surface area contributed by atoms with Gasteiger partial charge in [-0.2, -0.15) is 0 Å². The van der Waals surface area contributed by atoms with E-state index in [1.165, 1.54) is 18.3 Å². The predicted molar refractivity (Wildman–Crippen MR) is 68.7 cm³/mol. The van der Waals surface area contributed by atoms with Gasteiger partial charge in [0.2, 0.25) is 0 Å². The Balaban J connectivity index is 2.41. The Morgan fingerprint density at radius 3 is 2.35 bits per heavy atom. The van der Waals surface area contributed by atoms with E-state index < -0.39 is 6.36 Å². The second-order valence-corrected chi connectivity index (χ2v) is 4.05. The summed E-state index contributed by atoms with van der Waals surface area (Å²) in [5.41, 5.74) is 12.3. The van der Waals surface area contributed by atoms with Gasteiger partial charge in [-0.25, -0.2) is 4.98 Å². The highest BCUT2D eigenvalue weighted by atomic mass is 19.4. The van der Waals surface area contributed by atoms with Crippen LogP contribution in [0.3, 0.4) is 0 Å². The molecule has 0 saturated carbocycles. The van der Waals surface area contributed by atoms with Crippen LogP contribution in [0.2, 0.25) is 0 Å². The van der Waals surface area contributed by atoms with E-state index in [9.17, 15) is 13.2 Å². The average Bonchev–Trinajstić information content (AvgIpc) is 2.37. The van der Waals surface area contributed by atoms with Crippen LogP contribution in [0, 0.1) is 0 Å². The molecule has 0 bridgehead atoms. The summed E-state index contributed by atoms with van der Waals surface area (Å²) in [5.74, 6) is 0.0217. The molecule has 0 saturated heterocycles. The molecule has 20 heavy (non-hydrogen) atoms. The predicted octanol–water partition coefficient (Wildman–Crippen LogP) is 2.69. The molecule has 1 heterocycles. The fraction of sp³-hybridized carbons (Fsp3) is 0.154. The van der Waals surface area contributed by atoms with Crippen molar-refractivity contribution in [2.45, 2.75) is 12.9 Å². The molecule has 2 rings (SSSR count). The zero-order chi connectivity index (χ0) is 14.8. The van der Waals surface area contributed by atoms with Crippen molar-refractivity contribution < 1.29 is 17.9 Å². The first-order valence-electron chi connectivity index (χ1n) is 5.69. The highest BCUT2D eigenvalue weighted by molar-refractivity contribution is 5.66. The Morgan fingerprint density at radius 1 is 1.10 bits per heavy atom. The molecular weight excluding hydrogens is 271 g/mol. The molecule has 0 radical (unpaired) electrons. The van der Waals surface area contributed by atoms with Crippen molar-refractivity contribution in [3.05, 3.63) is 42.1 Å². The molecule has 4 nitrogen and oxygen atoms in total. The minimum atomic E-state index is -4.76. The average molecular weight is 283 g/mol. The second-order valence-electron chi connectivity index (χ2n) is 4.05. The van der Waals surface area contributed by atoms with E-state index in [0.29, 0.717) is 16.9 Å². The quantitative estimate of drug-likeness (QED) is 0.908. The van der Waals surface area contributed by atoms with E-state index >= 15 is 0 Å². The Bertz CT molecular complexity index is 597. The van der Waals surface area contributed by atoms with Crippen LogP contribution < -0.4 is 16.2 Å². The number of benzene rings is 1. The van der Waals surface area contributed by atoms with Gasteiger partial charge in [0.15, 0.2) is 0 Å². The fourth-order valence-electron chi connectivity index (χ4n) is 1.70. The number of alkyl halides is 3. The minimum absolute atomic E-state index is 0.0499. The molecule has 0 spiro atoms. The van der Waals surface area contributed by atoms with E-state index in [4.69, 9.17) is 11.5 Å². The molecule has 7 heteroatoms. The third-order valence-corrected chi connectivity index (χ3v) is 2.63. The van der Waals surface area contributed by atoms with Crippen molar-refractivity contribution in [1.82, 2.24) is 4.98 Å². The van der Waals surface area contributed by atoms with Gasteiger partial charge in [0.25, 0.3) is 0 Å². The van der Waals surface area contributed by atoms with Gasteiger partial charge in [-0.05, 0) is 23.8 Å². The van der Waals surface area contributed by atoms with E-state index in [1.54, 1.807) is 18.2 Å². The number of pyridine rings is 1. The van der Waals surface area contributed by atoms with Gasteiger partial charge in [-0.1, -0.05) is 12.1 Å². The van der Waals surface area contributed by atoms with Crippen LogP contribution in [0.4, 0.5) is 19.0 Å². The number of hydrogen-bond donors (Lipinski definition) is 2. The van der Waals surface area contributed by atoms with Crippen molar-refractivity contribution in [2.75, 3.05) is 5.73 Å². The van der Waals surface area contributed by atoms with E-state index in [2.05, 4.69) is 9.72 Å². The highest BCUT2D eigenvalue weighted by Gasteiger charge is 2.32. The largest absolute Gasteiger partial charge is 0.573 e. The SMILES string of the molecule is NCc1ccc(-c2ccc(N)nc2)cc1OC(F)(F)F. The molecule has 0 amide bonds. The van der Waals surface area contributed by atoms with E-state index in [-0.39, 0.29) is 17.9 Å². The van der Waals surface area contributed by atoms with Gasteiger partial charge >= 0.3 is 6.36 Å². The molecule has 0 aliphatic heterocycles. The summed E-state index contributed by atoms with van der Waals surface area (Å²) in [5, 5.41) is 0. The van der Waals surface area contributed by atoms with Crippen LogP contribution in [0.5, 0.6) is 5.75 Å². The summed E-state index contributed by atoms with van der Waals surface area (Å²) in [6, 6.07) is 7.65. The number of nitrogen functional groups attached to an aromatic ring is 1. The van der Waals surface area contributed by atoms with Gasteiger partial charge in [0.1, 0.15) is 11.6 Å². The van der Waals surface area contributed by atoms with Crippen molar-refractivity contribution in [3.8, 4) is 16.9 Å². The first-order chi connectivity index (χ1) is 9.39. The number of ether oxygens (including phenoxy) is 1. The lowest BCUT2D eigenvalue weighted by molar-refractivity contribution is -0.274. The lowest BCUT2D eigenvalue weighted by atomic mass is 10.0. The molecular formula is C13H12F3N3O. The molecule has 0 aliphatic rings. The summed E-state index contributed by atoms with van der Waals surface area (Å²) < 4.78 is 41.0. The first-order valence-corrected chi connectivity index (χ1v) is 5.69. The number of rotatable bonds is 3. The number of hydrogen-bond acceptors (Lipinski definition) is 4. The minimum Gasteiger partial charge on any atom is -0.405 e. The maximum absolute atomic E-state index is 12.4. The van der Waals surface area contributed by atoms with Gasteiger partial charge in [-0.3, -0.25) is 0 Å². The number of aromatic nitrogens is 1. The Labute approximate surface area is 113 Å². The molecule has 0 fully saturated rings. The molecule has 106 valence electrons. The number of anilines is 1. The van der Waals surface area contributed by atoms with Gasteiger partial charge < -0.3 is 16.2 Å². The number of nitrogens with zero attached hydrogens (tertiary/aromatic N) is 1. The third kappa shape index (κ3) is 3.39. The van der Waals surface area contributed by atoms with Gasteiger partial charge in [0.05, 0.1) is 0 Å². The van der Waals surface area contributed by atoms with Crippen molar-refractivity contribution in [2.24, 2.45) is 5.73 Å². The smallest absolute Gasteiger partial charge is 0.405 e. The Kier molecular flexibility index (Phi) is 3.80. The third-order valence-electron chi connectivity index (χ3n) is 2.63. The topological polar surface area (TPSA) is 74.2 Å². The molecule has 4 N–H and O–H groups in total. The van der Waals surface area contributed by atoms with Crippen LogP contribution in [-0.2, 0) is 6.54 Å². The number of nitrogens with two attached hydrogens (primary N) is 2. The lowest BCUT2D eigenvalue weighted by Crippen LogP contribution is -2.18. The van der Waals surface area contributed by atoms with Gasteiger partial charge in [0, 0.05) is 23.9 Å². The van der Waals surface area contributed by atoms with Crippen molar-refractivity contribution in [3.63, 3.8) is 0 Å². The van der Waals surface area contributed by atoms with Crippen LogP contribution in [-0.4, -0.2) is 11.3 Å². The van der Waals surface area contributed by atoms with Crippen molar-refractivity contribution >= 4 is 5.82 Å². The Hall–Kier alpha value is -2.28. The summed E-state index contributed by atoms with van der Waals surface area (Å²) in [7, 11) is 0. The lowest BCUT2D eigenvalue weighted by Gasteiger charge is -2.14. The van der Waals surface area contributed by atoms with E-state index in [0.717, 1.165) is 0 Å². The van der Waals surface area contributed by atoms with E-state index in [1.807, 2.05) is 0 Å². The summed E-state index contributed by atoms with van der Waals surface area (Å²) in [6.07, 6.45) is -3.29. The Morgan fingerprint density at radius 2 is 1.80 bits per heavy atom. The standard InChI is InChI=1S/C13H12F3N3O/c14-13(15,16)20-11-5-8(1-2-9(11)6-17)10-3-4-12(18)19-7-10/h1-5,7H,6,17H2,(H2,18,19).